The second-order valence-corrected chi connectivity index (χ2v) is 4.22. The number of halogens is 4. The molecule has 1 saturated heterocycles. The van der Waals surface area contributed by atoms with Crippen LogP contribution in [0, 0.1) is 5.82 Å². The Morgan fingerprint density at radius 1 is 1.28 bits per heavy atom. The summed E-state index contributed by atoms with van der Waals surface area (Å²) in [6.45, 7) is -4.26. The SMILES string of the molecule is Fc1ccc([B-](F)(F)F)cc1OC1CCCOC1. The fourth-order valence-corrected chi connectivity index (χ4v) is 1.80. The first-order valence-corrected chi connectivity index (χ1v) is 5.70. The molecule has 1 aromatic carbocycles. The van der Waals surface area contributed by atoms with E-state index in [4.69, 9.17) is 9.47 Å². The summed E-state index contributed by atoms with van der Waals surface area (Å²) in [7, 11) is 0. The van der Waals surface area contributed by atoms with Gasteiger partial charge in [0.2, 0.25) is 0 Å². The summed E-state index contributed by atoms with van der Waals surface area (Å²) < 4.78 is 61.4. The van der Waals surface area contributed by atoms with Crippen LogP contribution in [-0.4, -0.2) is 26.3 Å². The lowest BCUT2D eigenvalue weighted by Crippen LogP contribution is -2.35. The second kappa shape index (κ2) is 5.18. The topological polar surface area (TPSA) is 18.5 Å². The van der Waals surface area contributed by atoms with Crippen LogP contribution in [0.5, 0.6) is 5.75 Å². The molecule has 1 unspecified atom stereocenters. The molecule has 0 radical (unpaired) electrons. The third-order valence-corrected chi connectivity index (χ3v) is 2.75. The van der Waals surface area contributed by atoms with Crippen LogP contribution in [-0.2, 0) is 4.74 Å². The van der Waals surface area contributed by atoms with E-state index in [1.165, 1.54) is 0 Å². The van der Waals surface area contributed by atoms with Crippen LogP contribution in [0.1, 0.15) is 12.8 Å². The van der Waals surface area contributed by atoms with Crippen molar-refractivity contribution >= 4 is 12.4 Å². The highest BCUT2D eigenvalue weighted by atomic mass is 19.4. The Bertz CT molecular complexity index is 416. The van der Waals surface area contributed by atoms with Gasteiger partial charge in [-0.15, -0.1) is 5.46 Å². The van der Waals surface area contributed by atoms with Crippen molar-refractivity contribution in [3.63, 3.8) is 0 Å². The Balaban J connectivity index is 2.15. The summed E-state index contributed by atoms with van der Waals surface area (Å²) in [5, 5.41) is 0. The second-order valence-electron chi connectivity index (χ2n) is 4.22. The van der Waals surface area contributed by atoms with Gasteiger partial charge >= 0.3 is 6.98 Å². The summed E-state index contributed by atoms with van der Waals surface area (Å²) in [6.07, 6.45) is 1.03. The molecular weight excluding hydrogens is 251 g/mol. The maximum absolute atomic E-state index is 13.4. The molecule has 7 heteroatoms. The summed E-state index contributed by atoms with van der Waals surface area (Å²) in [6, 6.07) is 2.22. The zero-order valence-corrected chi connectivity index (χ0v) is 9.54. The number of ether oxygens (including phenoxy) is 2. The number of rotatable bonds is 3. The molecule has 2 rings (SSSR count). The summed E-state index contributed by atoms with van der Waals surface area (Å²) in [4.78, 5) is 0. The molecule has 0 bridgehead atoms. The van der Waals surface area contributed by atoms with Gasteiger partial charge in [0.15, 0.2) is 11.6 Å². The zero-order chi connectivity index (χ0) is 13.2. The van der Waals surface area contributed by atoms with E-state index < -0.39 is 18.3 Å². The standard InChI is InChI=1S/C11H12BF4O2/c13-10-4-3-8(12(14,15)16)6-11(10)18-9-2-1-5-17-7-9/h3-4,6,9H,1-2,5,7H2/q-1. The van der Waals surface area contributed by atoms with Crippen molar-refractivity contribution in [2.24, 2.45) is 0 Å². The lowest BCUT2D eigenvalue weighted by molar-refractivity contribution is 0.00591. The molecule has 100 valence electrons. The van der Waals surface area contributed by atoms with Crippen LogP contribution >= 0.6 is 0 Å². The Morgan fingerprint density at radius 3 is 2.67 bits per heavy atom. The molecule has 1 aromatic rings. The van der Waals surface area contributed by atoms with Crippen LogP contribution in [0.3, 0.4) is 0 Å². The molecule has 1 atom stereocenters. The van der Waals surface area contributed by atoms with Gasteiger partial charge in [-0.3, -0.25) is 0 Å². The predicted molar refractivity (Wildman–Crippen MR) is 59.6 cm³/mol. The molecule has 0 aliphatic carbocycles. The van der Waals surface area contributed by atoms with Crippen molar-refractivity contribution < 1.29 is 26.8 Å². The molecule has 1 fully saturated rings. The van der Waals surface area contributed by atoms with Crippen molar-refractivity contribution in [2.45, 2.75) is 18.9 Å². The van der Waals surface area contributed by atoms with E-state index in [0.717, 1.165) is 18.6 Å². The first-order chi connectivity index (χ1) is 8.47. The Hall–Kier alpha value is -1.24. The van der Waals surface area contributed by atoms with Crippen LogP contribution in [0.15, 0.2) is 18.2 Å². The highest BCUT2D eigenvalue weighted by molar-refractivity contribution is 6.73. The van der Waals surface area contributed by atoms with E-state index >= 15 is 0 Å². The molecule has 1 heterocycles. The van der Waals surface area contributed by atoms with Gasteiger partial charge in [-0.25, -0.2) is 4.39 Å². The van der Waals surface area contributed by atoms with Gasteiger partial charge in [-0.2, -0.15) is 0 Å². The van der Waals surface area contributed by atoms with Gasteiger partial charge in [0, 0.05) is 6.61 Å². The highest BCUT2D eigenvalue weighted by Crippen LogP contribution is 2.22. The molecule has 0 saturated carbocycles. The summed E-state index contributed by atoms with van der Waals surface area (Å²) >= 11 is 0. The Labute approximate surface area is 102 Å². The first-order valence-electron chi connectivity index (χ1n) is 5.70. The van der Waals surface area contributed by atoms with Crippen molar-refractivity contribution in [3.05, 3.63) is 24.0 Å². The molecular formula is C11H12BF4O2-. The fourth-order valence-electron chi connectivity index (χ4n) is 1.80. The van der Waals surface area contributed by atoms with Gasteiger partial charge < -0.3 is 22.4 Å². The van der Waals surface area contributed by atoms with E-state index in [9.17, 15) is 17.3 Å². The van der Waals surface area contributed by atoms with Gasteiger partial charge in [-0.05, 0) is 25.0 Å². The molecule has 18 heavy (non-hydrogen) atoms. The molecule has 0 spiro atoms. The third kappa shape index (κ3) is 3.16. The fraction of sp³-hybridized carbons (Fsp3) is 0.455. The molecule has 0 amide bonds. The largest absolute Gasteiger partial charge is 0.509 e. The average Bonchev–Trinajstić information content (AvgIpc) is 2.32. The van der Waals surface area contributed by atoms with Gasteiger partial charge in [-0.1, -0.05) is 6.07 Å². The Morgan fingerprint density at radius 2 is 2.06 bits per heavy atom. The van der Waals surface area contributed by atoms with Crippen molar-refractivity contribution in [3.8, 4) is 5.75 Å². The number of hydrogen-bond acceptors (Lipinski definition) is 2. The lowest BCUT2D eigenvalue weighted by atomic mass is 9.80. The zero-order valence-electron chi connectivity index (χ0n) is 9.54. The molecule has 0 N–H and O–H groups in total. The molecule has 2 nitrogen and oxygen atoms in total. The third-order valence-electron chi connectivity index (χ3n) is 2.75. The molecule has 1 aliphatic heterocycles. The quantitative estimate of drug-likeness (QED) is 0.616. The monoisotopic (exact) mass is 263 g/mol. The van der Waals surface area contributed by atoms with Crippen molar-refractivity contribution in [1.29, 1.82) is 0 Å². The maximum atomic E-state index is 13.4. The highest BCUT2D eigenvalue weighted by Gasteiger charge is 2.27. The average molecular weight is 263 g/mol. The molecule has 0 aromatic heterocycles. The smallest absolute Gasteiger partial charge is 0.485 e. The van der Waals surface area contributed by atoms with Gasteiger partial charge in [0.25, 0.3) is 0 Å². The van der Waals surface area contributed by atoms with Crippen molar-refractivity contribution in [2.75, 3.05) is 13.2 Å². The minimum Gasteiger partial charge on any atom is -0.485 e. The van der Waals surface area contributed by atoms with E-state index in [1.807, 2.05) is 0 Å². The first kappa shape index (κ1) is 13.2. The molecule has 1 aliphatic rings. The van der Waals surface area contributed by atoms with Crippen molar-refractivity contribution in [1.82, 2.24) is 0 Å². The van der Waals surface area contributed by atoms with Crippen LogP contribution in [0.2, 0.25) is 0 Å². The number of benzene rings is 1. The number of hydrogen-bond donors (Lipinski definition) is 0. The van der Waals surface area contributed by atoms with E-state index in [-0.39, 0.29) is 18.5 Å². The van der Waals surface area contributed by atoms with E-state index in [2.05, 4.69) is 0 Å². The van der Waals surface area contributed by atoms with Gasteiger partial charge in [0.1, 0.15) is 6.10 Å². The lowest BCUT2D eigenvalue weighted by Gasteiger charge is -2.24. The van der Waals surface area contributed by atoms with Crippen LogP contribution in [0.4, 0.5) is 17.3 Å². The predicted octanol–water partition coefficient (Wildman–Crippen LogP) is 2.44. The van der Waals surface area contributed by atoms with E-state index in [1.54, 1.807) is 0 Å². The van der Waals surface area contributed by atoms with E-state index in [0.29, 0.717) is 19.1 Å². The summed E-state index contributed by atoms with van der Waals surface area (Å²) in [5.74, 6) is -1.15. The van der Waals surface area contributed by atoms with Gasteiger partial charge in [0.05, 0.1) is 6.61 Å². The minimum atomic E-state index is -5.15. The normalized spacial score (nSPS) is 20.8. The van der Waals surface area contributed by atoms with Crippen LogP contribution < -0.4 is 10.2 Å². The maximum Gasteiger partial charge on any atom is 0.509 e. The van der Waals surface area contributed by atoms with Crippen LogP contribution in [0.25, 0.3) is 0 Å². The minimum absolute atomic E-state index is 0.279. The summed E-state index contributed by atoms with van der Waals surface area (Å²) in [5.41, 5.74) is -0.858. The Kier molecular flexibility index (Phi) is 3.80.